The standard InChI is InChI=1S/C14H11ClN2O4/c1-8-2-4-10(5-3-8)16-14(19)11-6-9(15)7-12(13(11)18)17(20)21/h2-7,18H,1H3,(H,16,19). The second-order valence-corrected chi connectivity index (χ2v) is 4.83. The number of amides is 1. The number of nitrogens with one attached hydrogen (secondary N) is 1. The highest BCUT2D eigenvalue weighted by molar-refractivity contribution is 6.31. The predicted molar refractivity (Wildman–Crippen MR) is 78.9 cm³/mol. The number of anilines is 1. The van der Waals surface area contributed by atoms with Gasteiger partial charge in [-0.25, -0.2) is 0 Å². The Hall–Kier alpha value is -2.60. The van der Waals surface area contributed by atoms with Crippen molar-refractivity contribution in [3.05, 3.63) is 62.7 Å². The zero-order valence-corrected chi connectivity index (χ0v) is 11.7. The Bertz CT molecular complexity index is 714. The maximum atomic E-state index is 12.1. The number of aryl methyl sites for hydroxylation is 1. The van der Waals surface area contributed by atoms with E-state index in [9.17, 15) is 20.0 Å². The summed E-state index contributed by atoms with van der Waals surface area (Å²) >= 11 is 5.74. The number of nitrogens with zero attached hydrogens (tertiary/aromatic N) is 1. The Kier molecular flexibility index (Phi) is 4.09. The fraction of sp³-hybridized carbons (Fsp3) is 0.0714. The van der Waals surface area contributed by atoms with Gasteiger partial charge in [-0.1, -0.05) is 29.3 Å². The molecular weight excluding hydrogens is 296 g/mol. The average Bonchev–Trinajstić information content (AvgIpc) is 2.43. The molecule has 0 atom stereocenters. The third kappa shape index (κ3) is 3.29. The van der Waals surface area contributed by atoms with Crippen LogP contribution in [-0.4, -0.2) is 15.9 Å². The number of hydrogen-bond donors (Lipinski definition) is 2. The van der Waals surface area contributed by atoms with E-state index in [-0.39, 0.29) is 10.6 Å². The summed E-state index contributed by atoms with van der Waals surface area (Å²) in [6.45, 7) is 1.90. The highest BCUT2D eigenvalue weighted by atomic mass is 35.5. The molecule has 0 spiro atoms. The molecule has 0 unspecified atom stereocenters. The number of rotatable bonds is 3. The smallest absolute Gasteiger partial charge is 0.313 e. The first-order valence-corrected chi connectivity index (χ1v) is 6.31. The van der Waals surface area contributed by atoms with E-state index in [4.69, 9.17) is 11.6 Å². The molecule has 0 saturated heterocycles. The van der Waals surface area contributed by atoms with Crippen LogP contribution < -0.4 is 5.32 Å². The number of hydrogen-bond acceptors (Lipinski definition) is 4. The third-order valence-corrected chi connectivity index (χ3v) is 3.02. The molecule has 0 aliphatic heterocycles. The van der Waals surface area contributed by atoms with Gasteiger partial charge in [0.25, 0.3) is 5.91 Å². The lowest BCUT2D eigenvalue weighted by Crippen LogP contribution is -2.12. The quantitative estimate of drug-likeness (QED) is 0.670. The molecule has 0 radical (unpaired) electrons. The van der Waals surface area contributed by atoms with E-state index >= 15 is 0 Å². The van der Waals surface area contributed by atoms with Crippen molar-refractivity contribution in [2.45, 2.75) is 6.92 Å². The minimum Gasteiger partial charge on any atom is -0.502 e. The van der Waals surface area contributed by atoms with Crippen LogP contribution in [0.4, 0.5) is 11.4 Å². The summed E-state index contributed by atoms with van der Waals surface area (Å²) < 4.78 is 0. The van der Waals surface area contributed by atoms with E-state index in [1.807, 2.05) is 6.92 Å². The second kappa shape index (κ2) is 5.80. The number of aromatic hydroxyl groups is 1. The van der Waals surface area contributed by atoms with E-state index in [1.165, 1.54) is 6.07 Å². The maximum absolute atomic E-state index is 12.1. The van der Waals surface area contributed by atoms with Gasteiger partial charge in [0.05, 0.1) is 10.5 Å². The van der Waals surface area contributed by atoms with Gasteiger partial charge in [0.15, 0.2) is 0 Å². The van der Waals surface area contributed by atoms with Gasteiger partial charge in [-0.2, -0.15) is 0 Å². The van der Waals surface area contributed by atoms with E-state index in [0.29, 0.717) is 5.69 Å². The van der Waals surface area contributed by atoms with Crippen LogP contribution in [0.1, 0.15) is 15.9 Å². The molecule has 2 rings (SSSR count). The number of phenols is 1. The molecule has 0 saturated carbocycles. The zero-order valence-electron chi connectivity index (χ0n) is 11.0. The van der Waals surface area contributed by atoms with Gasteiger partial charge in [-0.05, 0) is 25.1 Å². The molecule has 2 N–H and O–H groups in total. The minimum atomic E-state index is -0.802. The summed E-state index contributed by atoms with van der Waals surface area (Å²) in [5.41, 5.74) is 0.660. The summed E-state index contributed by atoms with van der Waals surface area (Å²) in [7, 11) is 0. The average molecular weight is 307 g/mol. The largest absolute Gasteiger partial charge is 0.502 e. The lowest BCUT2D eigenvalue weighted by molar-refractivity contribution is -0.385. The molecule has 7 heteroatoms. The fourth-order valence-corrected chi connectivity index (χ4v) is 1.94. The van der Waals surface area contributed by atoms with Crippen molar-refractivity contribution in [1.29, 1.82) is 0 Å². The SMILES string of the molecule is Cc1ccc(NC(=O)c2cc(Cl)cc([N+](=O)[O-])c2O)cc1. The van der Waals surface area contributed by atoms with Gasteiger partial charge in [-0.15, -0.1) is 0 Å². The number of benzene rings is 2. The van der Waals surface area contributed by atoms with Gasteiger partial charge in [0.1, 0.15) is 0 Å². The summed E-state index contributed by atoms with van der Waals surface area (Å²) in [5.74, 6) is -1.39. The van der Waals surface area contributed by atoms with Crippen LogP contribution >= 0.6 is 11.6 Å². The van der Waals surface area contributed by atoms with Crippen molar-refractivity contribution >= 4 is 28.9 Å². The van der Waals surface area contributed by atoms with Crippen molar-refractivity contribution in [1.82, 2.24) is 0 Å². The maximum Gasteiger partial charge on any atom is 0.313 e. The molecule has 108 valence electrons. The lowest BCUT2D eigenvalue weighted by Gasteiger charge is -2.08. The fourth-order valence-electron chi connectivity index (χ4n) is 1.73. The van der Waals surface area contributed by atoms with Crippen molar-refractivity contribution in [2.24, 2.45) is 0 Å². The van der Waals surface area contributed by atoms with Crippen LogP contribution in [-0.2, 0) is 0 Å². The Balaban J connectivity index is 2.35. The van der Waals surface area contributed by atoms with Crippen molar-refractivity contribution in [2.75, 3.05) is 5.32 Å². The van der Waals surface area contributed by atoms with Gasteiger partial charge in [0, 0.05) is 16.8 Å². The second-order valence-electron chi connectivity index (χ2n) is 4.40. The molecular formula is C14H11ClN2O4. The first-order valence-electron chi connectivity index (χ1n) is 5.93. The van der Waals surface area contributed by atoms with Crippen LogP contribution in [0.15, 0.2) is 36.4 Å². The zero-order chi connectivity index (χ0) is 15.6. The number of nitro benzene ring substituents is 1. The monoisotopic (exact) mass is 306 g/mol. The van der Waals surface area contributed by atoms with Crippen LogP contribution in [0.25, 0.3) is 0 Å². The Morgan fingerprint density at radius 3 is 2.48 bits per heavy atom. The normalized spacial score (nSPS) is 10.2. The molecule has 0 aromatic heterocycles. The molecule has 1 amide bonds. The Morgan fingerprint density at radius 2 is 1.90 bits per heavy atom. The topological polar surface area (TPSA) is 92.5 Å². The molecule has 0 fully saturated rings. The number of carbonyl (C=O) groups excluding carboxylic acids is 1. The summed E-state index contributed by atoms with van der Waals surface area (Å²) in [6.07, 6.45) is 0. The lowest BCUT2D eigenvalue weighted by atomic mass is 10.1. The summed E-state index contributed by atoms with van der Waals surface area (Å²) in [4.78, 5) is 22.1. The van der Waals surface area contributed by atoms with Gasteiger partial charge < -0.3 is 10.4 Å². The molecule has 2 aromatic carbocycles. The van der Waals surface area contributed by atoms with Crippen molar-refractivity contribution < 1.29 is 14.8 Å². The first-order chi connectivity index (χ1) is 9.88. The first kappa shape index (κ1) is 14.8. The predicted octanol–water partition coefficient (Wildman–Crippen LogP) is 3.51. The highest BCUT2D eigenvalue weighted by Crippen LogP contribution is 2.33. The Morgan fingerprint density at radius 1 is 1.29 bits per heavy atom. The number of carbonyl (C=O) groups is 1. The molecule has 21 heavy (non-hydrogen) atoms. The van der Waals surface area contributed by atoms with E-state index in [0.717, 1.165) is 11.6 Å². The van der Waals surface area contributed by atoms with Crippen LogP contribution in [0.3, 0.4) is 0 Å². The van der Waals surface area contributed by atoms with Crippen molar-refractivity contribution in [3.63, 3.8) is 0 Å². The summed E-state index contributed by atoms with van der Waals surface area (Å²) in [6, 6.07) is 9.13. The molecule has 0 aliphatic rings. The third-order valence-electron chi connectivity index (χ3n) is 2.81. The number of nitro groups is 1. The summed E-state index contributed by atoms with van der Waals surface area (Å²) in [5, 5.41) is 23.1. The van der Waals surface area contributed by atoms with Gasteiger partial charge in [-0.3, -0.25) is 14.9 Å². The van der Waals surface area contributed by atoms with Crippen LogP contribution in [0, 0.1) is 17.0 Å². The Labute approximate surface area is 125 Å². The molecule has 0 bridgehead atoms. The van der Waals surface area contributed by atoms with E-state index in [2.05, 4.69) is 5.32 Å². The molecule has 0 aliphatic carbocycles. The number of halogens is 1. The molecule has 2 aromatic rings. The van der Waals surface area contributed by atoms with E-state index < -0.39 is 22.3 Å². The highest BCUT2D eigenvalue weighted by Gasteiger charge is 2.23. The van der Waals surface area contributed by atoms with Crippen molar-refractivity contribution in [3.8, 4) is 5.75 Å². The van der Waals surface area contributed by atoms with Gasteiger partial charge in [0.2, 0.25) is 5.75 Å². The minimum absolute atomic E-state index is 0.00597. The van der Waals surface area contributed by atoms with Crippen LogP contribution in [0.5, 0.6) is 5.75 Å². The van der Waals surface area contributed by atoms with Gasteiger partial charge >= 0.3 is 5.69 Å². The van der Waals surface area contributed by atoms with Crippen LogP contribution in [0.2, 0.25) is 5.02 Å². The molecule has 0 heterocycles. The molecule has 6 nitrogen and oxygen atoms in total. The van der Waals surface area contributed by atoms with E-state index in [1.54, 1.807) is 24.3 Å². The number of phenolic OH excluding ortho intramolecular Hbond substituents is 1.